The number of hydrogen-bond donors (Lipinski definition) is 3. The molecule has 0 spiro atoms. The minimum Gasteiger partial charge on any atom is -0.497 e. The van der Waals surface area contributed by atoms with Crippen LogP contribution in [0.2, 0.25) is 0 Å². The number of nitrogens with zero attached hydrogens (tertiary/aromatic N) is 3. The van der Waals surface area contributed by atoms with Crippen molar-refractivity contribution in [2.45, 2.75) is 126 Å². The number of aromatic nitrogens is 1. The Morgan fingerprint density at radius 2 is 1.81 bits per heavy atom. The third kappa shape index (κ3) is 9.58. The highest BCUT2D eigenvalue weighted by atomic mass is 32.2. The predicted octanol–water partition coefficient (Wildman–Crippen LogP) is 5.14. The molecular formula is C44H59F3N6O10S. The molecule has 2 aliphatic carbocycles. The minimum absolute atomic E-state index is 0.0419. The highest BCUT2D eigenvalue weighted by molar-refractivity contribution is 7.91. The zero-order valence-corrected chi connectivity index (χ0v) is 37.9. The van der Waals surface area contributed by atoms with Crippen LogP contribution in [-0.2, 0) is 33.9 Å². The van der Waals surface area contributed by atoms with Crippen molar-refractivity contribution in [3.05, 3.63) is 36.5 Å². The Hall–Kier alpha value is -4.85. The van der Waals surface area contributed by atoms with Gasteiger partial charge in [0.2, 0.25) is 33.3 Å². The maximum absolute atomic E-state index is 15.1. The molecule has 20 heteroatoms. The van der Waals surface area contributed by atoms with Gasteiger partial charge >= 0.3 is 12.3 Å². The average molecular weight is 921 g/mol. The summed E-state index contributed by atoms with van der Waals surface area (Å²) >= 11 is 0. The van der Waals surface area contributed by atoms with Crippen LogP contribution in [0.5, 0.6) is 11.6 Å². The first-order valence-electron chi connectivity index (χ1n) is 22.0. The molecule has 3 aliphatic heterocycles. The number of nitrogens with one attached hydrogen (secondary N) is 3. The number of ether oxygens (including phenoxy) is 4. The van der Waals surface area contributed by atoms with E-state index in [2.05, 4.69) is 20.3 Å². The number of alkyl halides is 3. The number of anilines is 1. The first-order valence-corrected chi connectivity index (χ1v) is 23.5. The molecule has 5 aliphatic rings. The van der Waals surface area contributed by atoms with Gasteiger partial charge < -0.3 is 39.4 Å². The van der Waals surface area contributed by atoms with Crippen LogP contribution in [0, 0.1) is 17.8 Å². The monoisotopic (exact) mass is 920 g/mol. The van der Waals surface area contributed by atoms with E-state index in [1.165, 1.54) is 4.90 Å². The van der Waals surface area contributed by atoms with Gasteiger partial charge in [0.15, 0.2) is 0 Å². The van der Waals surface area contributed by atoms with Crippen molar-refractivity contribution < 1.29 is 59.7 Å². The third-order valence-electron chi connectivity index (χ3n) is 13.6. The lowest BCUT2D eigenvalue weighted by Gasteiger charge is -2.35. The topological polar surface area (TPSA) is 195 Å². The van der Waals surface area contributed by atoms with Crippen LogP contribution in [0.4, 0.5) is 23.7 Å². The number of halogens is 3. The molecule has 4 amide bonds. The summed E-state index contributed by atoms with van der Waals surface area (Å²) in [5.74, 6) is -2.84. The van der Waals surface area contributed by atoms with Gasteiger partial charge in [-0.05, 0) is 89.3 Å². The number of carbonyl (C=O) groups excluding carboxylic acids is 4. The summed E-state index contributed by atoms with van der Waals surface area (Å²) < 4.78 is 92.0. The van der Waals surface area contributed by atoms with Gasteiger partial charge in [0, 0.05) is 36.2 Å². The number of methoxy groups -OCH3 is 1. The van der Waals surface area contributed by atoms with E-state index in [4.69, 9.17) is 23.9 Å². The third-order valence-corrected chi connectivity index (χ3v) is 15.7. The van der Waals surface area contributed by atoms with Crippen LogP contribution in [0.15, 0.2) is 36.5 Å². The van der Waals surface area contributed by atoms with Crippen molar-refractivity contribution in [1.82, 2.24) is 25.2 Å². The molecule has 2 saturated heterocycles. The van der Waals surface area contributed by atoms with Crippen molar-refractivity contribution in [3.63, 3.8) is 0 Å². The van der Waals surface area contributed by atoms with Crippen molar-refractivity contribution in [1.29, 1.82) is 0 Å². The molecule has 1 aromatic heterocycles. The molecule has 7 atom stereocenters. The Bertz CT molecular complexity index is 2270. The Morgan fingerprint density at radius 3 is 2.47 bits per heavy atom. The largest absolute Gasteiger partial charge is 0.497 e. The summed E-state index contributed by atoms with van der Waals surface area (Å²) in [5.41, 5.74) is -3.73. The van der Waals surface area contributed by atoms with E-state index in [0.29, 0.717) is 89.8 Å². The fourth-order valence-electron chi connectivity index (χ4n) is 8.88. The molecule has 64 heavy (non-hydrogen) atoms. The second kappa shape index (κ2) is 17.9. The number of sulfonamides is 1. The maximum atomic E-state index is 15.1. The number of allylic oxidation sites excluding steroid dienone is 1. The van der Waals surface area contributed by atoms with Gasteiger partial charge in [-0.3, -0.25) is 19.1 Å². The smallest absolute Gasteiger partial charge is 0.427 e. The van der Waals surface area contributed by atoms with Gasteiger partial charge in [-0.1, -0.05) is 32.4 Å². The summed E-state index contributed by atoms with van der Waals surface area (Å²) in [7, 11) is -2.54. The predicted molar refractivity (Wildman–Crippen MR) is 229 cm³/mol. The van der Waals surface area contributed by atoms with Crippen molar-refractivity contribution in [2.24, 2.45) is 17.8 Å². The molecule has 2 saturated carbocycles. The van der Waals surface area contributed by atoms with Gasteiger partial charge in [-0.25, -0.2) is 18.2 Å². The van der Waals surface area contributed by atoms with Crippen molar-refractivity contribution in [3.8, 4) is 11.6 Å². The lowest BCUT2D eigenvalue weighted by atomic mass is 9.85. The van der Waals surface area contributed by atoms with E-state index in [-0.39, 0.29) is 31.2 Å². The SMILES string of the molecule is CC[C@@H]1C[C@@H](C)CCC=C[C@@H]2C[C@@]2(C(=O)NS(=O)(=O)C2(C)CC2)NC(=O)C2C[C@@H](Oc3ncc(N4CCOCC4)c4cc(OC)ccc34)CN2C(=O)[C@H]1NC(=O)OC(C)(C)C(F)(F)F. The van der Waals surface area contributed by atoms with Gasteiger partial charge in [0.25, 0.3) is 5.91 Å². The molecule has 1 aromatic carbocycles. The number of morpholine rings is 1. The fourth-order valence-corrected chi connectivity index (χ4v) is 10.2. The Labute approximate surface area is 371 Å². The Balaban J connectivity index is 1.25. The van der Waals surface area contributed by atoms with Crippen molar-refractivity contribution >= 4 is 50.3 Å². The van der Waals surface area contributed by atoms with E-state index in [1.54, 1.807) is 45.4 Å². The number of fused-ring (bicyclic) bond motifs is 3. The molecule has 16 nitrogen and oxygen atoms in total. The molecule has 0 bridgehead atoms. The van der Waals surface area contributed by atoms with Gasteiger partial charge in [0.05, 0.1) is 43.5 Å². The number of pyridine rings is 1. The van der Waals surface area contributed by atoms with Gasteiger partial charge in [-0.2, -0.15) is 13.2 Å². The number of rotatable bonds is 10. The summed E-state index contributed by atoms with van der Waals surface area (Å²) in [4.78, 5) is 65.3. The number of carbonyl (C=O) groups is 4. The van der Waals surface area contributed by atoms with Crippen LogP contribution in [-0.4, -0.2) is 122 Å². The van der Waals surface area contributed by atoms with Gasteiger partial charge in [0.1, 0.15) is 29.5 Å². The van der Waals surface area contributed by atoms with Crippen LogP contribution in [0.3, 0.4) is 0 Å². The number of alkyl carbamates (subject to hydrolysis) is 1. The average Bonchev–Trinajstić information content (AvgIpc) is 4.13. The molecule has 7 rings (SSSR count). The van der Waals surface area contributed by atoms with Crippen LogP contribution >= 0.6 is 0 Å². The standard InChI is InChI=1S/C44H59F3N6O10S/c1-7-27-20-26(2)10-8-9-11-28-23-43(28,39(56)51-64(58,59)42(5)14-15-42)50-36(54)33-22-30(25-53(33)38(55)35(27)49-40(57)63-41(3,4)44(45,46)47)62-37-31-13-12-29(60-6)21-32(31)34(24-48-37)52-16-18-61-19-17-52/h9,11-13,21,24,26-28,30,33,35H,7-8,10,14-20,22-23,25H2,1-6H3,(H,49,57)(H,50,54)(H,51,56)/t26-,27+,28+,30+,33?,35-,43+/m0/s1. The highest BCUT2D eigenvalue weighted by Gasteiger charge is 2.63. The molecule has 2 aromatic rings. The number of benzene rings is 1. The zero-order valence-electron chi connectivity index (χ0n) is 37.1. The summed E-state index contributed by atoms with van der Waals surface area (Å²) in [5, 5.41) is 6.68. The normalized spacial score (nSPS) is 28.8. The summed E-state index contributed by atoms with van der Waals surface area (Å²) in [6.45, 7) is 8.80. The quantitative estimate of drug-likeness (QED) is 0.266. The number of hydrogen-bond acceptors (Lipinski definition) is 12. The van der Waals surface area contributed by atoms with Crippen LogP contribution in [0.1, 0.15) is 86.0 Å². The molecule has 0 radical (unpaired) electrons. The van der Waals surface area contributed by atoms with Crippen LogP contribution < -0.4 is 29.7 Å². The molecular weight excluding hydrogens is 862 g/mol. The first-order chi connectivity index (χ1) is 30.1. The maximum Gasteiger partial charge on any atom is 0.427 e. The van der Waals surface area contributed by atoms with E-state index in [9.17, 15) is 36.0 Å². The molecule has 352 valence electrons. The summed E-state index contributed by atoms with van der Waals surface area (Å²) in [6.07, 6.45) is 0.668. The van der Waals surface area contributed by atoms with E-state index >= 15 is 4.79 Å². The van der Waals surface area contributed by atoms with Crippen LogP contribution in [0.25, 0.3) is 10.8 Å². The van der Waals surface area contributed by atoms with E-state index in [0.717, 1.165) is 11.1 Å². The van der Waals surface area contributed by atoms with Gasteiger partial charge in [-0.15, -0.1) is 0 Å². The second-order valence-electron chi connectivity index (χ2n) is 18.6. The molecule has 4 fully saturated rings. The highest BCUT2D eigenvalue weighted by Crippen LogP contribution is 2.48. The van der Waals surface area contributed by atoms with E-state index < -0.39 is 85.9 Å². The lowest BCUT2D eigenvalue weighted by Crippen LogP contribution is -2.60. The fraction of sp³-hybridized carbons (Fsp3) is 0.659. The Morgan fingerprint density at radius 1 is 1.09 bits per heavy atom. The molecule has 1 unspecified atom stereocenters. The minimum atomic E-state index is -4.92. The molecule has 4 heterocycles. The first kappa shape index (κ1) is 47.1. The van der Waals surface area contributed by atoms with Crippen molar-refractivity contribution in [2.75, 3.05) is 44.9 Å². The zero-order chi connectivity index (χ0) is 46.4. The lowest BCUT2D eigenvalue weighted by molar-refractivity contribution is -0.244. The van der Waals surface area contributed by atoms with E-state index in [1.807, 2.05) is 19.1 Å². The second-order valence-corrected chi connectivity index (χ2v) is 20.8. The number of amides is 4. The Kier molecular flexibility index (Phi) is 13.1. The molecule has 3 N–H and O–H groups in total. The summed E-state index contributed by atoms with van der Waals surface area (Å²) in [6, 6.07) is 2.64.